The summed E-state index contributed by atoms with van der Waals surface area (Å²) in [6, 6.07) is 8.83. The number of amides is 2. The quantitative estimate of drug-likeness (QED) is 0.639. The highest BCUT2D eigenvalue weighted by Crippen LogP contribution is 2.28. The zero-order valence-corrected chi connectivity index (χ0v) is 17.5. The van der Waals surface area contributed by atoms with Gasteiger partial charge in [-0.25, -0.2) is 0 Å². The second-order valence-electron chi connectivity index (χ2n) is 6.88. The molecule has 1 saturated heterocycles. The van der Waals surface area contributed by atoms with Crippen LogP contribution in [-0.2, 0) is 4.74 Å². The highest BCUT2D eigenvalue weighted by molar-refractivity contribution is 7.08. The van der Waals surface area contributed by atoms with Crippen LogP contribution in [0.3, 0.4) is 0 Å². The lowest BCUT2D eigenvalue weighted by Gasteiger charge is -2.37. The highest BCUT2D eigenvalue weighted by atomic mass is 35.5. The zero-order valence-electron chi connectivity index (χ0n) is 15.8. The first-order valence-electron chi connectivity index (χ1n) is 9.04. The van der Waals surface area contributed by atoms with Crippen LogP contribution in [0.1, 0.15) is 33.6 Å². The summed E-state index contributed by atoms with van der Waals surface area (Å²) in [5.41, 5.74) is 1.51. The van der Waals surface area contributed by atoms with E-state index >= 15 is 0 Å². The lowest BCUT2D eigenvalue weighted by Crippen LogP contribution is -2.47. The second-order valence-corrected chi connectivity index (χ2v) is 7.66. The molecule has 1 aromatic heterocycles. The standard InChI is InChI=1S/C20H25N3O3S.ClH/c1-26-14-20(7-9-21-10-8-20)13-22-19(25)16-4-2-3-5-17(16)23-18(24)15-6-11-27-12-15;/h2-6,11-12,21H,7-10,13-14H2,1H3,(H,22,25)(H,23,24);1H. The van der Waals surface area contributed by atoms with Crippen LogP contribution in [0.25, 0.3) is 0 Å². The molecule has 3 rings (SSSR count). The van der Waals surface area contributed by atoms with Crippen molar-refractivity contribution in [3.8, 4) is 0 Å². The third-order valence-corrected chi connectivity index (χ3v) is 5.63. The molecule has 3 N–H and O–H groups in total. The summed E-state index contributed by atoms with van der Waals surface area (Å²) in [6.45, 7) is 3.01. The van der Waals surface area contributed by atoms with Crippen molar-refractivity contribution in [1.29, 1.82) is 0 Å². The van der Waals surface area contributed by atoms with E-state index in [1.807, 2.05) is 5.38 Å². The average Bonchev–Trinajstić information content (AvgIpc) is 3.23. The maximum atomic E-state index is 12.8. The Kier molecular flexibility index (Phi) is 8.44. The van der Waals surface area contributed by atoms with Gasteiger partial charge in [-0.05, 0) is 49.5 Å². The number of carbonyl (C=O) groups is 2. The molecule has 6 nitrogen and oxygen atoms in total. The van der Waals surface area contributed by atoms with Gasteiger partial charge in [-0.3, -0.25) is 9.59 Å². The van der Waals surface area contributed by atoms with Gasteiger partial charge in [-0.1, -0.05) is 12.1 Å². The van der Waals surface area contributed by atoms with Gasteiger partial charge in [-0.15, -0.1) is 12.4 Å². The van der Waals surface area contributed by atoms with Crippen molar-refractivity contribution in [2.45, 2.75) is 12.8 Å². The Morgan fingerprint density at radius 2 is 1.93 bits per heavy atom. The van der Waals surface area contributed by atoms with Gasteiger partial charge >= 0.3 is 0 Å². The summed E-state index contributed by atoms with van der Waals surface area (Å²) in [6.07, 6.45) is 1.91. The van der Waals surface area contributed by atoms with Gasteiger partial charge < -0.3 is 20.7 Å². The number of piperidine rings is 1. The first-order valence-corrected chi connectivity index (χ1v) is 9.98. The monoisotopic (exact) mass is 423 g/mol. The zero-order chi connectivity index (χ0) is 19.1. The molecule has 8 heteroatoms. The minimum atomic E-state index is -0.217. The Morgan fingerprint density at radius 1 is 1.18 bits per heavy atom. The number of para-hydroxylation sites is 1. The maximum Gasteiger partial charge on any atom is 0.256 e. The second kappa shape index (κ2) is 10.6. The summed E-state index contributed by atoms with van der Waals surface area (Å²) >= 11 is 1.46. The van der Waals surface area contributed by atoms with E-state index in [4.69, 9.17) is 4.74 Å². The van der Waals surface area contributed by atoms with Crippen molar-refractivity contribution in [3.05, 3.63) is 52.2 Å². The number of anilines is 1. The van der Waals surface area contributed by atoms with Crippen LogP contribution >= 0.6 is 23.7 Å². The van der Waals surface area contributed by atoms with Crippen LogP contribution in [0.5, 0.6) is 0 Å². The molecule has 2 amide bonds. The molecule has 0 spiro atoms. The Morgan fingerprint density at radius 3 is 2.61 bits per heavy atom. The van der Waals surface area contributed by atoms with Crippen molar-refractivity contribution in [2.75, 3.05) is 38.7 Å². The predicted octanol–water partition coefficient (Wildman–Crippen LogP) is 3.17. The Labute approximate surface area is 175 Å². The number of halogens is 1. The third-order valence-electron chi connectivity index (χ3n) is 4.94. The molecule has 0 bridgehead atoms. The van der Waals surface area contributed by atoms with Crippen molar-refractivity contribution in [2.24, 2.45) is 5.41 Å². The SMILES string of the molecule is COCC1(CNC(=O)c2ccccc2NC(=O)c2ccsc2)CCNCC1.Cl. The molecule has 1 aliphatic heterocycles. The highest BCUT2D eigenvalue weighted by Gasteiger charge is 2.32. The molecule has 0 radical (unpaired) electrons. The predicted molar refractivity (Wildman–Crippen MR) is 115 cm³/mol. The van der Waals surface area contributed by atoms with E-state index in [1.54, 1.807) is 42.8 Å². The Hall–Kier alpha value is -1.93. The minimum absolute atomic E-state index is 0. The van der Waals surface area contributed by atoms with E-state index < -0.39 is 0 Å². The molecule has 1 fully saturated rings. The summed E-state index contributed by atoms with van der Waals surface area (Å²) in [7, 11) is 1.70. The molecule has 1 aromatic carbocycles. The molecule has 2 heterocycles. The van der Waals surface area contributed by atoms with Gasteiger partial charge in [0.15, 0.2) is 0 Å². The van der Waals surface area contributed by atoms with Crippen molar-refractivity contribution >= 4 is 41.2 Å². The molecule has 152 valence electrons. The number of thiophene rings is 1. The van der Waals surface area contributed by atoms with Gasteiger partial charge in [0.1, 0.15) is 0 Å². The number of nitrogens with one attached hydrogen (secondary N) is 3. The summed E-state index contributed by atoms with van der Waals surface area (Å²) in [5, 5.41) is 12.9. The average molecular weight is 424 g/mol. The molecule has 28 heavy (non-hydrogen) atoms. The van der Waals surface area contributed by atoms with E-state index in [0.29, 0.717) is 30.0 Å². The van der Waals surface area contributed by atoms with Gasteiger partial charge in [0, 0.05) is 24.4 Å². The first-order chi connectivity index (χ1) is 13.1. The molecular weight excluding hydrogens is 398 g/mol. The van der Waals surface area contributed by atoms with Crippen LogP contribution in [0.2, 0.25) is 0 Å². The van der Waals surface area contributed by atoms with Crippen LogP contribution in [0.4, 0.5) is 5.69 Å². The van der Waals surface area contributed by atoms with E-state index in [1.165, 1.54) is 11.3 Å². The smallest absolute Gasteiger partial charge is 0.256 e. The number of rotatable bonds is 7. The van der Waals surface area contributed by atoms with Gasteiger partial charge in [0.2, 0.25) is 0 Å². The fraction of sp³-hybridized carbons (Fsp3) is 0.400. The lowest BCUT2D eigenvalue weighted by atomic mass is 9.79. The molecule has 0 saturated carbocycles. The third kappa shape index (κ3) is 5.54. The summed E-state index contributed by atoms with van der Waals surface area (Å²) in [5.74, 6) is -0.407. The topological polar surface area (TPSA) is 79.5 Å². The molecular formula is C20H26ClN3O3S. The minimum Gasteiger partial charge on any atom is -0.384 e. The van der Waals surface area contributed by atoms with Crippen LogP contribution in [-0.4, -0.2) is 45.2 Å². The Balaban J connectivity index is 0.00000280. The number of carbonyl (C=O) groups excluding carboxylic acids is 2. The largest absolute Gasteiger partial charge is 0.384 e. The maximum absolute atomic E-state index is 12.8. The van der Waals surface area contributed by atoms with Crippen molar-refractivity contribution in [3.63, 3.8) is 0 Å². The molecule has 1 aliphatic rings. The van der Waals surface area contributed by atoms with Crippen LogP contribution < -0.4 is 16.0 Å². The van der Waals surface area contributed by atoms with Gasteiger partial charge in [-0.2, -0.15) is 11.3 Å². The van der Waals surface area contributed by atoms with Gasteiger partial charge in [0.05, 0.1) is 23.4 Å². The lowest BCUT2D eigenvalue weighted by molar-refractivity contribution is 0.0512. The molecule has 2 aromatic rings. The normalized spacial score (nSPS) is 15.3. The fourth-order valence-corrected chi connectivity index (χ4v) is 4.01. The van der Waals surface area contributed by atoms with E-state index in [9.17, 15) is 9.59 Å². The van der Waals surface area contributed by atoms with E-state index in [0.717, 1.165) is 25.9 Å². The van der Waals surface area contributed by atoms with Crippen molar-refractivity contribution < 1.29 is 14.3 Å². The summed E-state index contributed by atoms with van der Waals surface area (Å²) in [4.78, 5) is 25.1. The number of hydrogen-bond acceptors (Lipinski definition) is 5. The molecule has 0 aliphatic carbocycles. The Bertz CT molecular complexity index is 771. The van der Waals surface area contributed by atoms with E-state index in [2.05, 4.69) is 16.0 Å². The number of hydrogen-bond donors (Lipinski definition) is 3. The number of ether oxygens (including phenoxy) is 1. The molecule has 0 unspecified atom stereocenters. The molecule has 0 atom stereocenters. The van der Waals surface area contributed by atoms with Gasteiger partial charge in [0.25, 0.3) is 11.8 Å². The number of benzene rings is 1. The van der Waals surface area contributed by atoms with Crippen LogP contribution in [0, 0.1) is 5.41 Å². The van der Waals surface area contributed by atoms with Crippen LogP contribution in [0.15, 0.2) is 41.1 Å². The number of methoxy groups -OCH3 is 1. The van der Waals surface area contributed by atoms with Crippen molar-refractivity contribution in [1.82, 2.24) is 10.6 Å². The fourth-order valence-electron chi connectivity index (χ4n) is 3.38. The summed E-state index contributed by atoms with van der Waals surface area (Å²) < 4.78 is 5.41. The first kappa shape index (κ1) is 22.4. The van der Waals surface area contributed by atoms with E-state index in [-0.39, 0.29) is 29.6 Å².